The van der Waals surface area contributed by atoms with Crippen LogP contribution in [0, 0.1) is 0 Å². The van der Waals surface area contributed by atoms with E-state index in [2.05, 4.69) is 34.7 Å². The topological polar surface area (TPSA) is 23.6 Å². The van der Waals surface area contributed by atoms with Gasteiger partial charge in [-0.25, -0.2) is 0 Å². The van der Waals surface area contributed by atoms with E-state index in [1.54, 1.807) is 11.8 Å². The lowest BCUT2D eigenvalue weighted by molar-refractivity contribution is -0.137. The van der Waals surface area contributed by atoms with Crippen LogP contribution >= 0.6 is 15.9 Å². The Morgan fingerprint density at radius 2 is 1.61 bits per heavy atom. The fourth-order valence-corrected chi connectivity index (χ4v) is 5.09. The minimum Gasteiger partial charge on any atom is -0.354 e. The molecule has 7 heteroatoms. The van der Waals surface area contributed by atoms with Crippen LogP contribution in [0.1, 0.15) is 67.9 Å². The number of alkyl halides is 3. The molecule has 1 aliphatic heterocycles. The van der Waals surface area contributed by atoms with Gasteiger partial charge in [0.05, 0.1) is 11.3 Å². The van der Waals surface area contributed by atoms with E-state index in [-0.39, 0.29) is 17.0 Å². The first-order chi connectivity index (χ1) is 15.6. The summed E-state index contributed by atoms with van der Waals surface area (Å²) in [5.41, 5.74) is -1.07. The zero-order chi connectivity index (χ0) is 24.2. The molecule has 0 aliphatic carbocycles. The molecule has 1 heterocycles. The van der Waals surface area contributed by atoms with Crippen LogP contribution < -0.4 is 4.90 Å². The Hall–Kier alpha value is -1.86. The first-order valence-electron chi connectivity index (χ1n) is 11.7. The van der Waals surface area contributed by atoms with Crippen molar-refractivity contribution >= 4 is 27.4 Å². The van der Waals surface area contributed by atoms with Crippen LogP contribution in [0.2, 0.25) is 0 Å². The number of ketones is 1. The van der Waals surface area contributed by atoms with E-state index in [0.29, 0.717) is 18.5 Å². The van der Waals surface area contributed by atoms with Gasteiger partial charge in [-0.05, 0) is 82.1 Å². The van der Waals surface area contributed by atoms with Crippen molar-refractivity contribution in [3.63, 3.8) is 0 Å². The third-order valence-electron chi connectivity index (χ3n) is 6.43. The summed E-state index contributed by atoms with van der Waals surface area (Å²) in [6.07, 6.45) is -0.817. The Labute approximate surface area is 203 Å². The van der Waals surface area contributed by atoms with Gasteiger partial charge in [-0.1, -0.05) is 48.0 Å². The maximum Gasteiger partial charge on any atom is 0.418 e. The number of carbonyl (C=O) groups is 1. The van der Waals surface area contributed by atoms with Gasteiger partial charge in [0.15, 0.2) is 5.78 Å². The van der Waals surface area contributed by atoms with E-state index >= 15 is 0 Å². The van der Waals surface area contributed by atoms with E-state index in [4.69, 9.17) is 0 Å². The molecule has 0 fully saturated rings. The molecular formula is C26H32BrF3N2O. The van der Waals surface area contributed by atoms with Crippen molar-refractivity contribution in [2.75, 3.05) is 31.1 Å². The van der Waals surface area contributed by atoms with Gasteiger partial charge in [-0.2, -0.15) is 13.2 Å². The summed E-state index contributed by atoms with van der Waals surface area (Å²) in [6.45, 7) is 9.38. The Balaban J connectivity index is 1.95. The summed E-state index contributed by atoms with van der Waals surface area (Å²) in [5, 5.41) is 0. The quantitative estimate of drug-likeness (QED) is 0.305. The van der Waals surface area contributed by atoms with Crippen LogP contribution in [0.4, 0.5) is 18.9 Å². The molecule has 0 spiro atoms. The smallest absolute Gasteiger partial charge is 0.354 e. The lowest BCUT2D eigenvalue weighted by atomic mass is 9.86. The van der Waals surface area contributed by atoms with Crippen LogP contribution in [0.25, 0.3) is 0 Å². The van der Waals surface area contributed by atoms with E-state index in [1.165, 1.54) is 12.1 Å². The molecule has 3 rings (SSSR count). The third-order valence-corrected chi connectivity index (χ3v) is 6.96. The summed E-state index contributed by atoms with van der Waals surface area (Å²) >= 11 is 3.41. The molecule has 0 saturated carbocycles. The molecule has 2 aromatic rings. The third kappa shape index (κ3) is 5.29. The first kappa shape index (κ1) is 25.8. The number of rotatable bonds is 10. The van der Waals surface area contributed by atoms with Gasteiger partial charge in [-0.3, -0.25) is 4.79 Å². The molecule has 0 saturated heterocycles. The highest BCUT2D eigenvalue weighted by Gasteiger charge is 2.52. The predicted octanol–water partition coefficient (Wildman–Crippen LogP) is 7.29. The van der Waals surface area contributed by atoms with Crippen molar-refractivity contribution in [1.29, 1.82) is 0 Å². The zero-order valence-corrected chi connectivity index (χ0v) is 21.1. The van der Waals surface area contributed by atoms with Crippen molar-refractivity contribution in [3.05, 3.63) is 63.6 Å². The predicted molar refractivity (Wildman–Crippen MR) is 131 cm³/mol. The number of nitrogens with zero attached hydrogens (tertiary/aromatic N) is 2. The molecule has 0 amide bonds. The Morgan fingerprint density at radius 1 is 0.970 bits per heavy atom. The van der Waals surface area contributed by atoms with E-state index in [0.717, 1.165) is 49.4 Å². The van der Waals surface area contributed by atoms with Crippen LogP contribution in [-0.4, -0.2) is 36.9 Å². The Morgan fingerprint density at radius 3 is 2.18 bits per heavy atom. The monoisotopic (exact) mass is 524 g/mol. The van der Waals surface area contributed by atoms with Crippen molar-refractivity contribution in [2.24, 2.45) is 0 Å². The second-order valence-corrected chi connectivity index (χ2v) is 9.72. The van der Waals surface area contributed by atoms with E-state index < -0.39 is 17.3 Å². The number of anilines is 1. The first-order valence-corrected chi connectivity index (χ1v) is 12.4. The molecule has 1 atom stereocenters. The van der Waals surface area contributed by atoms with Crippen molar-refractivity contribution < 1.29 is 18.0 Å². The van der Waals surface area contributed by atoms with Crippen molar-refractivity contribution in [3.8, 4) is 0 Å². The number of carbonyl (C=O) groups excluding carboxylic acids is 1. The van der Waals surface area contributed by atoms with Gasteiger partial charge < -0.3 is 9.80 Å². The van der Waals surface area contributed by atoms with Gasteiger partial charge in [-0.15, -0.1) is 0 Å². The maximum absolute atomic E-state index is 14.0. The second-order valence-electron chi connectivity index (χ2n) is 8.81. The van der Waals surface area contributed by atoms with Gasteiger partial charge >= 0.3 is 6.18 Å². The molecular weight excluding hydrogens is 493 g/mol. The maximum atomic E-state index is 14.0. The second kappa shape index (κ2) is 10.6. The fourth-order valence-electron chi connectivity index (χ4n) is 4.82. The highest BCUT2D eigenvalue weighted by Crippen LogP contribution is 2.50. The number of Topliss-reactive ketones (excluding diaryl/α,β-unsaturated/α-hetero) is 1. The molecule has 0 aromatic heterocycles. The average Bonchev–Trinajstić information content (AvgIpc) is 2.99. The molecule has 2 aromatic carbocycles. The number of halogens is 4. The number of fused-ring (bicyclic) bond motifs is 1. The van der Waals surface area contributed by atoms with Gasteiger partial charge in [0, 0.05) is 16.6 Å². The Kier molecular flexibility index (Phi) is 8.27. The number of unbranched alkanes of at least 4 members (excludes halogenated alkanes) is 1. The highest BCUT2D eigenvalue weighted by molar-refractivity contribution is 9.10. The summed E-state index contributed by atoms with van der Waals surface area (Å²) < 4.78 is 42.7. The summed E-state index contributed by atoms with van der Waals surface area (Å²) in [4.78, 5) is 17.7. The normalized spacial score (nSPS) is 18.3. The van der Waals surface area contributed by atoms with Crippen LogP contribution in [0.3, 0.4) is 0 Å². The molecule has 0 bridgehead atoms. The lowest BCUT2D eigenvalue weighted by Crippen LogP contribution is -2.46. The van der Waals surface area contributed by atoms with Crippen molar-refractivity contribution in [1.82, 2.24) is 4.90 Å². The average molecular weight is 525 g/mol. The van der Waals surface area contributed by atoms with E-state index in [9.17, 15) is 18.0 Å². The van der Waals surface area contributed by atoms with Gasteiger partial charge in [0.25, 0.3) is 0 Å². The number of para-hydroxylation sites is 1. The number of benzene rings is 2. The molecule has 1 unspecified atom stereocenters. The minimum atomic E-state index is -4.53. The van der Waals surface area contributed by atoms with Crippen molar-refractivity contribution in [2.45, 2.75) is 58.2 Å². The largest absolute Gasteiger partial charge is 0.418 e. The molecule has 33 heavy (non-hydrogen) atoms. The van der Waals surface area contributed by atoms with Crippen LogP contribution in [-0.2, 0) is 11.7 Å². The van der Waals surface area contributed by atoms with Gasteiger partial charge in [0.1, 0.15) is 5.54 Å². The lowest BCUT2D eigenvalue weighted by Gasteiger charge is -2.37. The van der Waals surface area contributed by atoms with E-state index in [1.807, 2.05) is 24.3 Å². The number of hydrogen-bond acceptors (Lipinski definition) is 3. The summed E-state index contributed by atoms with van der Waals surface area (Å²) in [5.74, 6) is -0.287. The zero-order valence-electron chi connectivity index (χ0n) is 19.5. The number of hydrogen-bond donors (Lipinski definition) is 0. The minimum absolute atomic E-state index is 0.0133. The molecule has 0 N–H and O–H groups in total. The summed E-state index contributed by atoms with van der Waals surface area (Å²) in [7, 11) is 0. The fraction of sp³-hybridized carbons (Fsp3) is 0.500. The Bertz CT molecular complexity index is 955. The summed E-state index contributed by atoms with van der Waals surface area (Å²) in [6, 6.07) is 11.2. The molecule has 1 aliphatic rings. The highest BCUT2D eigenvalue weighted by atomic mass is 79.9. The molecule has 0 radical (unpaired) electrons. The van der Waals surface area contributed by atoms with Crippen LogP contribution in [0.15, 0.2) is 46.9 Å². The van der Waals surface area contributed by atoms with Crippen LogP contribution in [0.5, 0.6) is 0 Å². The SMILES string of the molecule is CCCN(CCC)CCCCN1c2c(cccc2C(F)(F)F)C(=O)C1(C)c1ccc(Br)cc1. The molecule has 3 nitrogen and oxygen atoms in total. The van der Waals surface area contributed by atoms with Gasteiger partial charge in [0.2, 0.25) is 0 Å². The molecule has 180 valence electrons. The standard InChI is InChI=1S/C26H32BrF3N2O/c1-4-15-31(16-5-2)17-6-7-18-32-23-21(9-8-10-22(23)26(28,29)30)24(33)25(32,3)19-11-13-20(27)14-12-19/h8-14H,4-7,15-18H2,1-3H3.